The zero-order chi connectivity index (χ0) is 24.0. The molecule has 2 aromatic carbocycles. The third kappa shape index (κ3) is 7.80. The van der Waals surface area contributed by atoms with Crippen molar-refractivity contribution in [3.8, 4) is 5.75 Å². The fourth-order valence-corrected chi connectivity index (χ4v) is 3.41. The highest BCUT2D eigenvalue weighted by molar-refractivity contribution is 7.13. The molecule has 8 nitrogen and oxygen atoms in total. The molecule has 1 heterocycles. The van der Waals surface area contributed by atoms with Crippen LogP contribution in [0.25, 0.3) is 0 Å². The Morgan fingerprint density at radius 3 is 2.24 bits per heavy atom. The molecule has 0 saturated carbocycles. The SMILES string of the molecule is CN(CC(=O)Nc1ccc(OC(F)(F)F)cc1)Cc1nnc(C(=O)Nc2ccc(F)cc2)s1. The molecular weight excluding hydrogens is 466 g/mol. The molecule has 0 aliphatic heterocycles. The first kappa shape index (κ1) is 24.1. The number of aromatic nitrogens is 2. The van der Waals surface area contributed by atoms with Crippen molar-refractivity contribution < 1.29 is 31.9 Å². The van der Waals surface area contributed by atoms with Gasteiger partial charge in [0.2, 0.25) is 10.9 Å². The van der Waals surface area contributed by atoms with Crippen LogP contribution < -0.4 is 15.4 Å². The van der Waals surface area contributed by atoms with Crippen LogP contribution in [0.1, 0.15) is 14.8 Å². The van der Waals surface area contributed by atoms with Crippen molar-refractivity contribution in [3.63, 3.8) is 0 Å². The maximum Gasteiger partial charge on any atom is 0.573 e. The standard InChI is InChI=1S/C20H17F4N5O3S/c1-29(10-16(30)25-13-6-8-15(9-7-13)32-20(22,23)24)11-17-27-28-19(33-17)18(31)26-14-4-2-12(21)3-5-14/h2-9H,10-11H2,1H3,(H,25,30)(H,26,31). The smallest absolute Gasteiger partial charge is 0.406 e. The summed E-state index contributed by atoms with van der Waals surface area (Å²) >= 11 is 1.04. The van der Waals surface area contributed by atoms with Gasteiger partial charge in [0.25, 0.3) is 5.91 Å². The lowest BCUT2D eigenvalue weighted by atomic mass is 10.3. The van der Waals surface area contributed by atoms with Crippen molar-refractivity contribution in [1.82, 2.24) is 15.1 Å². The molecule has 1 aromatic heterocycles. The quantitative estimate of drug-likeness (QED) is 0.472. The third-order valence-corrected chi connectivity index (χ3v) is 4.86. The Hall–Kier alpha value is -3.58. The second-order valence-electron chi connectivity index (χ2n) is 6.75. The van der Waals surface area contributed by atoms with Crippen LogP contribution in [0.15, 0.2) is 48.5 Å². The molecule has 0 fully saturated rings. The first-order chi connectivity index (χ1) is 15.6. The average Bonchev–Trinajstić information content (AvgIpc) is 3.18. The topological polar surface area (TPSA) is 96.5 Å². The number of halogens is 4. The summed E-state index contributed by atoms with van der Waals surface area (Å²) in [7, 11) is 1.65. The predicted molar refractivity (Wildman–Crippen MR) is 112 cm³/mol. The van der Waals surface area contributed by atoms with Gasteiger partial charge in [-0.1, -0.05) is 11.3 Å². The number of ether oxygens (including phenoxy) is 1. The number of hydrogen-bond donors (Lipinski definition) is 2. The summed E-state index contributed by atoms with van der Waals surface area (Å²) in [6, 6.07) is 10.0. The van der Waals surface area contributed by atoms with Gasteiger partial charge in [-0.15, -0.1) is 23.4 Å². The number of nitrogens with zero attached hydrogens (tertiary/aromatic N) is 3. The van der Waals surface area contributed by atoms with Crippen molar-refractivity contribution in [2.75, 3.05) is 24.2 Å². The van der Waals surface area contributed by atoms with E-state index < -0.39 is 29.7 Å². The van der Waals surface area contributed by atoms with Crippen LogP contribution in [0.2, 0.25) is 0 Å². The number of carbonyl (C=O) groups excluding carboxylic acids is 2. The molecule has 13 heteroatoms. The minimum Gasteiger partial charge on any atom is -0.406 e. The highest BCUT2D eigenvalue weighted by Gasteiger charge is 2.31. The normalized spacial score (nSPS) is 11.3. The summed E-state index contributed by atoms with van der Waals surface area (Å²) in [6.45, 7) is 0.185. The van der Waals surface area contributed by atoms with Gasteiger partial charge >= 0.3 is 6.36 Å². The van der Waals surface area contributed by atoms with Gasteiger partial charge in [-0.2, -0.15) is 0 Å². The lowest BCUT2D eigenvalue weighted by molar-refractivity contribution is -0.274. The van der Waals surface area contributed by atoms with Gasteiger partial charge in [-0.25, -0.2) is 4.39 Å². The fraction of sp³-hybridized carbons (Fsp3) is 0.200. The van der Waals surface area contributed by atoms with Crippen LogP contribution in [0.4, 0.5) is 28.9 Å². The third-order valence-electron chi connectivity index (χ3n) is 3.95. The highest BCUT2D eigenvalue weighted by atomic mass is 32.1. The van der Waals surface area contributed by atoms with Crippen molar-refractivity contribution in [2.45, 2.75) is 12.9 Å². The van der Waals surface area contributed by atoms with E-state index in [1.165, 1.54) is 36.4 Å². The molecule has 3 rings (SSSR count). The van der Waals surface area contributed by atoms with Crippen LogP contribution in [0, 0.1) is 5.82 Å². The predicted octanol–water partition coefficient (Wildman–Crippen LogP) is 3.90. The molecular formula is C20H17F4N5O3S. The number of likely N-dealkylation sites (N-methyl/N-ethyl adjacent to an activating group) is 1. The Morgan fingerprint density at radius 1 is 1.00 bits per heavy atom. The van der Waals surface area contributed by atoms with E-state index in [4.69, 9.17) is 0 Å². The Kier molecular flexibility index (Phi) is 7.55. The maximum absolute atomic E-state index is 12.9. The van der Waals surface area contributed by atoms with E-state index in [0.717, 1.165) is 23.5 Å². The number of carbonyl (C=O) groups is 2. The summed E-state index contributed by atoms with van der Waals surface area (Å²) in [5, 5.41) is 13.5. The van der Waals surface area contributed by atoms with Crippen molar-refractivity contribution in [2.24, 2.45) is 0 Å². The summed E-state index contributed by atoms with van der Waals surface area (Å²) < 4.78 is 53.3. The molecule has 0 aliphatic rings. The van der Waals surface area contributed by atoms with Crippen LogP contribution in [-0.4, -0.2) is 46.9 Å². The molecule has 3 aromatic rings. The van der Waals surface area contributed by atoms with Crippen LogP contribution in [-0.2, 0) is 11.3 Å². The molecule has 0 bridgehead atoms. The van der Waals surface area contributed by atoms with Gasteiger partial charge in [0, 0.05) is 11.4 Å². The number of nitrogens with one attached hydrogen (secondary N) is 2. The van der Waals surface area contributed by atoms with Crippen molar-refractivity contribution >= 4 is 34.5 Å². The van der Waals surface area contributed by atoms with E-state index in [0.29, 0.717) is 16.4 Å². The monoisotopic (exact) mass is 483 g/mol. The molecule has 2 N–H and O–H groups in total. The van der Waals surface area contributed by atoms with E-state index in [2.05, 4.69) is 25.6 Å². The minimum atomic E-state index is -4.79. The molecule has 2 amide bonds. The zero-order valence-electron chi connectivity index (χ0n) is 17.0. The molecule has 0 unspecified atom stereocenters. The molecule has 0 radical (unpaired) electrons. The maximum atomic E-state index is 12.9. The number of hydrogen-bond acceptors (Lipinski definition) is 7. The summed E-state index contributed by atoms with van der Waals surface area (Å²) in [6.07, 6.45) is -4.79. The summed E-state index contributed by atoms with van der Waals surface area (Å²) in [5.41, 5.74) is 0.712. The van der Waals surface area contributed by atoms with Gasteiger partial charge < -0.3 is 15.4 Å². The van der Waals surface area contributed by atoms with Gasteiger partial charge in [-0.05, 0) is 55.6 Å². The second-order valence-corrected chi connectivity index (χ2v) is 7.82. The van der Waals surface area contributed by atoms with E-state index in [1.807, 2.05) is 0 Å². The van der Waals surface area contributed by atoms with Crippen molar-refractivity contribution in [1.29, 1.82) is 0 Å². The fourth-order valence-electron chi connectivity index (χ4n) is 2.60. The van der Waals surface area contributed by atoms with E-state index in [9.17, 15) is 27.2 Å². The molecule has 0 aliphatic carbocycles. The van der Waals surface area contributed by atoms with Crippen LogP contribution >= 0.6 is 11.3 Å². The summed E-state index contributed by atoms with van der Waals surface area (Å²) in [5.74, 6) is -1.72. The first-order valence-electron chi connectivity index (χ1n) is 9.31. The molecule has 33 heavy (non-hydrogen) atoms. The van der Waals surface area contributed by atoms with Gasteiger partial charge in [-0.3, -0.25) is 14.5 Å². The largest absolute Gasteiger partial charge is 0.573 e. The number of benzene rings is 2. The van der Waals surface area contributed by atoms with E-state index >= 15 is 0 Å². The zero-order valence-corrected chi connectivity index (χ0v) is 17.8. The van der Waals surface area contributed by atoms with E-state index in [1.54, 1.807) is 11.9 Å². The number of rotatable bonds is 8. The minimum absolute atomic E-state index is 0.0442. The molecule has 0 spiro atoms. The Labute approximate surface area is 189 Å². The number of anilines is 2. The van der Waals surface area contributed by atoms with Gasteiger partial charge in [0.1, 0.15) is 16.6 Å². The molecule has 0 saturated heterocycles. The van der Waals surface area contributed by atoms with Crippen LogP contribution in [0.3, 0.4) is 0 Å². The lowest BCUT2D eigenvalue weighted by Crippen LogP contribution is -2.29. The number of alkyl halides is 3. The second kappa shape index (κ2) is 10.4. The highest BCUT2D eigenvalue weighted by Crippen LogP contribution is 2.24. The summed E-state index contributed by atoms with van der Waals surface area (Å²) in [4.78, 5) is 26.0. The van der Waals surface area contributed by atoms with Gasteiger partial charge in [0.15, 0.2) is 0 Å². The van der Waals surface area contributed by atoms with Crippen molar-refractivity contribution in [3.05, 3.63) is 64.4 Å². The first-order valence-corrected chi connectivity index (χ1v) is 10.1. The Bertz CT molecular complexity index is 1100. The number of amides is 2. The van der Waals surface area contributed by atoms with Gasteiger partial charge in [0.05, 0.1) is 13.1 Å². The Morgan fingerprint density at radius 2 is 1.61 bits per heavy atom. The van der Waals surface area contributed by atoms with E-state index in [-0.39, 0.29) is 18.1 Å². The average molecular weight is 483 g/mol. The molecule has 0 atom stereocenters. The Balaban J connectivity index is 1.48. The van der Waals surface area contributed by atoms with Crippen LogP contribution in [0.5, 0.6) is 5.75 Å². The lowest BCUT2D eigenvalue weighted by Gasteiger charge is -2.14. The molecule has 174 valence electrons.